The maximum atomic E-state index is 11.8. The minimum atomic E-state index is -0.0968. The third-order valence-corrected chi connectivity index (χ3v) is 4.38. The summed E-state index contributed by atoms with van der Waals surface area (Å²) in [4.78, 5) is 15.3. The van der Waals surface area contributed by atoms with Crippen molar-refractivity contribution in [2.45, 2.75) is 36.7 Å². The molecule has 0 unspecified atom stereocenters. The monoisotopic (exact) mass is 279 g/mol. The van der Waals surface area contributed by atoms with Crippen molar-refractivity contribution in [2.24, 2.45) is 0 Å². The largest absolute Gasteiger partial charge is 0.468 e. The van der Waals surface area contributed by atoms with Gasteiger partial charge >= 0.3 is 5.97 Å². The molecule has 0 radical (unpaired) electrons. The Morgan fingerprint density at radius 1 is 1.37 bits per heavy atom. The van der Waals surface area contributed by atoms with Gasteiger partial charge in [0.1, 0.15) is 6.04 Å². The Labute approximate surface area is 119 Å². The highest BCUT2D eigenvalue weighted by molar-refractivity contribution is 7.98. The molecule has 2 rings (SSSR count). The third kappa shape index (κ3) is 3.74. The van der Waals surface area contributed by atoms with Crippen LogP contribution in [-0.4, -0.2) is 36.8 Å². The van der Waals surface area contributed by atoms with Crippen LogP contribution in [0, 0.1) is 0 Å². The second kappa shape index (κ2) is 6.96. The van der Waals surface area contributed by atoms with Gasteiger partial charge in [0, 0.05) is 11.4 Å². The average Bonchev–Trinajstić information content (AvgIpc) is 2.48. The van der Waals surface area contributed by atoms with E-state index in [1.54, 1.807) is 11.8 Å². The summed E-state index contributed by atoms with van der Waals surface area (Å²) in [6, 6.07) is 8.50. The second-order valence-electron chi connectivity index (χ2n) is 4.85. The summed E-state index contributed by atoms with van der Waals surface area (Å²) >= 11 is 1.74. The Kier molecular flexibility index (Phi) is 5.28. The van der Waals surface area contributed by atoms with E-state index >= 15 is 0 Å². The molecule has 19 heavy (non-hydrogen) atoms. The molecule has 4 heteroatoms. The Hall–Kier alpha value is -1.00. The minimum Gasteiger partial charge on any atom is -0.468 e. The van der Waals surface area contributed by atoms with E-state index in [-0.39, 0.29) is 12.0 Å². The van der Waals surface area contributed by atoms with Gasteiger partial charge in [-0.25, -0.2) is 0 Å². The van der Waals surface area contributed by atoms with Gasteiger partial charge in [0.2, 0.25) is 0 Å². The SMILES string of the molecule is COC(=O)[C@H]1CCCCN1Cc1ccc(SC)cc1. The van der Waals surface area contributed by atoms with E-state index in [0.29, 0.717) is 0 Å². The topological polar surface area (TPSA) is 29.5 Å². The van der Waals surface area contributed by atoms with E-state index < -0.39 is 0 Å². The zero-order valence-corrected chi connectivity index (χ0v) is 12.4. The van der Waals surface area contributed by atoms with Crippen molar-refractivity contribution in [2.75, 3.05) is 19.9 Å². The van der Waals surface area contributed by atoms with Crippen LogP contribution in [0.2, 0.25) is 0 Å². The van der Waals surface area contributed by atoms with Crippen LogP contribution in [0.4, 0.5) is 0 Å². The predicted octanol–water partition coefficient (Wildman–Crippen LogP) is 2.94. The van der Waals surface area contributed by atoms with E-state index in [1.807, 2.05) is 0 Å². The number of piperidine rings is 1. The van der Waals surface area contributed by atoms with Crippen LogP contribution < -0.4 is 0 Å². The molecule has 0 N–H and O–H groups in total. The average molecular weight is 279 g/mol. The maximum Gasteiger partial charge on any atom is 0.323 e. The van der Waals surface area contributed by atoms with Crippen LogP contribution in [0.3, 0.4) is 0 Å². The number of methoxy groups -OCH3 is 1. The zero-order chi connectivity index (χ0) is 13.7. The highest BCUT2D eigenvalue weighted by Crippen LogP contribution is 2.22. The van der Waals surface area contributed by atoms with Gasteiger partial charge in [-0.1, -0.05) is 18.6 Å². The first kappa shape index (κ1) is 14.4. The molecule has 0 spiro atoms. The number of ether oxygens (including phenoxy) is 1. The molecule has 1 heterocycles. The van der Waals surface area contributed by atoms with Crippen molar-refractivity contribution in [3.63, 3.8) is 0 Å². The van der Waals surface area contributed by atoms with Crippen LogP contribution in [0.1, 0.15) is 24.8 Å². The molecule has 1 atom stereocenters. The van der Waals surface area contributed by atoms with Crippen molar-refractivity contribution in [1.82, 2.24) is 4.90 Å². The van der Waals surface area contributed by atoms with Crippen molar-refractivity contribution in [3.8, 4) is 0 Å². The lowest BCUT2D eigenvalue weighted by Crippen LogP contribution is -2.44. The number of hydrogen-bond acceptors (Lipinski definition) is 4. The highest BCUT2D eigenvalue weighted by atomic mass is 32.2. The molecule has 3 nitrogen and oxygen atoms in total. The Morgan fingerprint density at radius 2 is 2.11 bits per heavy atom. The smallest absolute Gasteiger partial charge is 0.323 e. The van der Waals surface area contributed by atoms with Gasteiger partial charge in [0.25, 0.3) is 0 Å². The van der Waals surface area contributed by atoms with Crippen LogP contribution in [0.25, 0.3) is 0 Å². The number of esters is 1. The fraction of sp³-hybridized carbons (Fsp3) is 0.533. The molecule has 1 aliphatic rings. The lowest BCUT2D eigenvalue weighted by molar-refractivity contribution is -0.148. The molecule has 0 aromatic heterocycles. The van der Waals surface area contributed by atoms with E-state index in [9.17, 15) is 4.79 Å². The van der Waals surface area contributed by atoms with Gasteiger partial charge in [0.15, 0.2) is 0 Å². The maximum absolute atomic E-state index is 11.8. The van der Waals surface area contributed by atoms with Gasteiger partial charge in [0.05, 0.1) is 7.11 Å². The summed E-state index contributed by atoms with van der Waals surface area (Å²) in [5.74, 6) is -0.0968. The van der Waals surface area contributed by atoms with Gasteiger partial charge in [-0.3, -0.25) is 9.69 Å². The number of carbonyl (C=O) groups excluding carboxylic acids is 1. The van der Waals surface area contributed by atoms with E-state index in [4.69, 9.17) is 4.74 Å². The molecule has 0 amide bonds. The second-order valence-corrected chi connectivity index (χ2v) is 5.73. The van der Waals surface area contributed by atoms with Crippen LogP contribution in [0.5, 0.6) is 0 Å². The summed E-state index contributed by atoms with van der Waals surface area (Å²) < 4.78 is 4.91. The van der Waals surface area contributed by atoms with E-state index in [0.717, 1.165) is 32.4 Å². The summed E-state index contributed by atoms with van der Waals surface area (Å²) in [5.41, 5.74) is 1.26. The van der Waals surface area contributed by atoms with Gasteiger partial charge in [-0.05, 0) is 43.3 Å². The summed E-state index contributed by atoms with van der Waals surface area (Å²) in [7, 11) is 1.47. The molecule has 1 fully saturated rings. The summed E-state index contributed by atoms with van der Waals surface area (Å²) in [6.45, 7) is 1.80. The van der Waals surface area contributed by atoms with Crippen molar-refractivity contribution in [3.05, 3.63) is 29.8 Å². The number of hydrogen-bond donors (Lipinski definition) is 0. The van der Waals surface area contributed by atoms with Crippen molar-refractivity contribution >= 4 is 17.7 Å². The molecule has 1 aromatic rings. The Bertz CT molecular complexity index is 419. The number of rotatable bonds is 4. The fourth-order valence-corrected chi connectivity index (χ4v) is 2.96. The molecule has 1 saturated heterocycles. The van der Waals surface area contributed by atoms with Crippen LogP contribution in [0.15, 0.2) is 29.2 Å². The number of carbonyl (C=O) groups is 1. The standard InChI is InChI=1S/C15H21NO2S/c1-18-15(17)14-5-3-4-10-16(14)11-12-6-8-13(19-2)9-7-12/h6-9,14H,3-5,10-11H2,1-2H3/t14-/m1/s1. The third-order valence-electron chi connectivity index (χ3n) is 3.63. The Morgan fingerprint density at radius 3 is 2.74 bits per heavy atom. The van der Waals surface area contributed by atoms with Gasteiger partial charge < -0.3 is 4.74 Å². The molecule has 0 bridgehead atoms. The van der Waals surface area contributed by atoms with Crippen molar-refractivity contribution in [1.29, 1.82) is 0 Å². The Balaban J connectivity index is 2.03. The first-order valence-corrected chi connectivity index (χ1v) is 7.92. The molecule has 0 aliphatic carbocycles. The zero-order valence-electron chi connectivity index (χ0n) is 11.6. The number of thioether (sulfide) groups is 1. The molecule has 0 saturated carbocycles. The molecule has 104 valence electrons. The number of nitrogens with zero attached hydrogens (tertiary/aromatic N) is 1. The first-order valence-electron chi connectivity index (χ1n) is 6.69. The lowest BCUT2D eigenvalue weighted by atomic mass is 10.0. The molecular formula is C15H21NO2S. The molecule has 1 aliphatic heterocycles. The number of benzene rings is 1. The highest BCUT2D eigenvalue weighted by Gasteiger charge is 2.29. The summed E-state index contributed by atoms with van der Waals surface area (Å²) in [5, 5.41) is 0. The van der Waals surface area contributed by atoms with Crippen LogP contribution >= 0.6 is 11.8 Å². The summed E-state index contributed by atoms with van der Waals surface area (Å²) in [6.07, 6.45) is 5.26. The van der Waals surface area contributed by atoms with E-state index in [2.05, 4.69) is 35.4 Å². The van der Waals surface area contributed by atoms with Gasteiger partial charge in [-0.2, -0.15) is 0 Å². The van der Waals surface area contributed by atoms with Crippen molar-refractivity contribution < 1.29 is 9.53 Å². The normalized spacial score (nSPS) is 20.2. The molecular weight excluding hydrogens is 258 g/mol. The lowest BCUT2D eigenvalue weighted by Gasteiger charge is -2.33. The van der Waals surface area contributed by atoms with Crippen LogP contribution in [-0.2, 0) is 16.1 Å². The van der Waals surface area contributed by atoms with E-state index in [1.165, 1.54) is 17.6 Å². The van der Waals surface area contributed by atoms with Gasteiger partial charge in [-0.15, -0.1) is 11.8 Å². The predicted molar refractivity (Wildman–Crippen MR) is 78.3 cm³/mol. The first-order chi connectivity index (χ1) is 9.24. The quantitative estimate of drug-likeness (QED) is 0.626. The minimum absolute atomic E-state index is 0.0704. The number of likely N-dealkylation sites (tertiary alicyclic amines) is 1. The molecule has 1 aromatic carbocycles. The fourth-order valence-electron chi connectivity index (χ4n) is 2.55.